The Labute approximate surface area is 182 Å². The number of benzene rings is 3. The van der Waals surface area contributed by atoms with Crippen molar-refractivity contribution in [1.82, 2.24) is 5.32 Å². The third-order valence-corrected chi connectivity index (χ3v) is 5.39. The van der Waals surface area contributed by atoms with Gasteiger partial charge in [-0.05, 0) is 41.7 Å². The Morgan fingerprint density at radius 2 is 1.58 bits per heavy atom. The summed E-state index contributed by atoms with van der Waals surface area (Å²) in [6.07, 6.45) is 2.30. The van der Waals surface area contributed by atoms with Gasteiger partial charge in [0, 0.05) is 13.2 Å². The number of anilines is 1. The van der Waals surface area contributed by atoms with Crippen LogP contribution in [0.1, 0.15) is 28.8 Å². The summed E-state index contributed by atoms with van der Waals surface area (Å²) in [5.74, 6) is -0.370. The fourth-order valence-electron chi connectivity index (χ4n) is 3.72. The van der Waals surface area contributed by atoms with Crippen molar-refractivity contribution >= 4 is 17.5 Å². The first kappa shape index (κ1) is 20.8. The van der Waals surface area contributed by atoms with Crippen LogP contribution >= 0.6 is 0 Å². The second-order valence-electron chi connectivity index (χ2n) is 7.68. The molecule has 4 rings (SSSR count). The highest BCUT2D eigenvalue weighted by Gasteiger charge is 2.18. The van der Waals surface area contributed by atoms with Crippen LogP contribution in [0, 0.1) is 0 Å². The second kappa shape index (κ2) is 10.0. The van der Waals surface area contributed by atoms with Crippen LogP contribution in [0.3, 0.4) is 0 Å². The maximum Gasteiger partial charge on any atom is 0.253 e. The molecule has 1 atom stereocenters. The molecule has 31 heavy (non-hydrogen) atoms. The molecule has 0 bridgehead atoms. The molecular weight excluding hydrogens is 388 g/mol. The smallest absolute Gasteiger partial charge is 0.253 e. The summed E-state index contributed by atoms with van der Waals surface area (Å²) in [6, 6.07) is 25.1. The van der Waals surface area contributed by atoms with E-state index in [-0.39, 0.29) is 24.3 Å². The molecule has 5 nitrogen and oxygen atoms in total. The largest absolute Gasteiger partial charge is 0.376 e. The maximum absolute atomic E-state index is 12.6. The zero-order chi connectivity index (χ0) is 21.5. The van der Waals surface area contributed by atoms with Crippen molar-refractivity contribution in [2.24, 2.45) is 0 Å². The highest BCUT2D eigenvalue weighted by atomic mass is 16.5. The molecule has 3 aromatic rings. The van der Waals surface area contributed by atoms with Crippen LogP contribution in [0.15, 0.2) is 78.9 Å². The van der Waals surface area contributed by atoms with Gasteiger partial charge in [-0.2, -0.15) is 0 Å². The third kappa shape index (κ3) is 5.58. The third-order valence-electron chi connectivity index (χ3n) is 5.39. The Hall–Kier alpha value is -3.44. The van der Waals surface area contributed by atoms with Gasteiger partial charge in [0.25, 0.3) is 5.91 Å². The van der Waals surface area contributed by atoms with Gasteiger partial charge < -0.3 is 15.4 Å². The predicted molar refractivity (Wildman–Crippen MR) is 122 cm³/mol. The molecule has 0 radical (unpaired) electrons. The zero-order valence-electron chi connectivity index (χ0n) is 17.3. The van der Waals surface area contributed by atoms with E-state index in [1.807, 2.05) is 42.5 Å². The van der Waals surface area contributed by atoms with E-state index in [9.17, 15) is 9.59 Å². The Morgan fingerprint density at radius 3 is 2.32 bits per heavy atom. The minimum Gasteiger partial charge on any atom is -0.376 e. The number of carbonyl (C=O) groups excluding carboxylic acids is 2. The normalized spacial score (nSPS) is 15.4. The average molecular weight is 415 g/mol. The van der Waals surface area contributed by atoms with Gasteiger partial charge in [-0.1, -0.05) is 66.7 Å². The standard InChI is InChI=1S/C26H26N2O3/c29-25(17-19-12-14-21(15-13-19)20-7-2-1-3-8-20)28-24-11-5-4-10-23(24)26(30)27-18-22-9-6-16-31-22/h1-5,7-8,10-15,22H,6,9,16-18H2,(H,27,30)(H,28,29)/t22-/m1/s1. The van der Waals surface area contributed by atoms with Crippen LogP contribution < -0.4 is 10.6 Å². The summed E-state index contributed by atoms with van der Waals surface area (Å²) >= 11 is 0. The minimum atomic E-state index is -0.210. The van der Waals surface area contributed by atoms with Crippen LogP contribution in [0.2, 0.25) is 0 Å². The van der Waals surface area contributed by atoms with Crippen LogP contribution in [-0.4, -0.2) is 31.1 Å². The molecule has 158 valence electrons. The van der Waals surface area contributed by atoms with Crippen molar-refractivity contribution in [2.45, 2.75) is 25.4 Å². The summed E-state index contributed by atoms with van der Waals surface area (Å²) in [5, 5.41) is 5.79. The molecule has 0 aromatic heterocycles. The van der Waals surface area contributed by atoms with Gasteiger partial charge in [0.2, 0.25) is 5.91 Å². The Morgan fingerprint density at radius 1 is 0.871 bits per heavy atom. The fourth-order valence-corrected chi connectivity index (χ4v) is 3.72. The van der Waals surface area contributed by atoms with Crippen molar-refractivity contribution in [2.75, 3.05) is 18.5 Å². The molecule has 2 N–H and O–H groups in total. The lowest BCUT2D eigenvalue weighted by molar-refractivity contribution is -0.115. The van der Waals surface area contributed by atoms with Gasteiger partial charge in [0.1, 0.15) is 0 Å². The van der Waals surface area contributed by atoms with Crippen molar-refractivity contribution in [3.05, 3.63) is 90.0 Å². The van der Waals surface area contributed by atoms with E-state index >= 15 is 0 Å². The molecule has 3 aromatic carbocycles. The highest BCUT2D eigenvalue weighted by molar-refractivity contribution is 6.04. The number of hydrogen-bond acceptors (Lipinski definition) is 3. The predicted octanol–water partition coefficient (Wildman–Crippen LogP) is 4.44. The molecule has 0 spiro atoms. The summed E-state index contributed by atoms with van der Waals surface area (Å²) < 4.78 is 5.55. The van der Waals surface area contributed by atoms with E-state index in [0.29, 0.717) is 17.8 Å². The summed E-state index contributed by atoms with van der Waals surface area (Å²) in [4.78, 5) is 25.2. The van der Waals surface area contributed by atoms with Crippen molar-refractivity contribution in [3.8, 4) is 11.1 Å². The molecule has 1 fully saturated rings. The molecule has 0 unspecified atom stereocenters. The first-order chi connectivity index (χ1) is 15.2. The van der Waals surface area contributed by atoms with Gasteiger partial charge in [0.05, 0.1) is 23.8 Å². The van der Waals surface area contributed by atoms with Crippen LogP contribution in [0.5, 0.6) is 0 Å². The van der Waals surface area contributed by atoms with Crippen LogP contribution in [-0.2, 0) is 16.0 Å². The van der Waals surface area contributed by atoms with E-state index in [4.69, 9.17) is 4.74 Å². The van der Waals surface area contributed by atoms with E-state index in [2.05, 4.69) is 22.8 Å². The van der Waals surface area contributed by atoms with Crippen molar-refractivity contribution < 1.29 is 14.3 Å². The molecule has 1 aliphatic heterocycles. The second-order valence-corrected chi connectivity index (χ2v) is 7.68. The average Bonchev–Trinajstić information content (AvgIpc) is 3.33. The zero-order valence-corrected chi connectivity index (χ0v) is 17.3. The number of amides is 2. The van der Waals surface area contributed by atoms with Gasteiger partial charge in [-0.3, -0.25) is 9.59 Å². The van der Waals surface area contributed by atoms with Gasteiger partial charge in [-0.15, -0.1) is 0 Å². The molecule has 0 saturated carbocycles. The number of rotatable bonds is 7. The summed E-state index contributed by atoms with van der Waals surface area (Å²) in [5.41, 5.74) is 4.13. The van der Waals surface area contributed by atoms with E-state index in [1.54, 1.807) is 24.3 Å². The number of ether oxygens (including phenoxy) is 1. The Kier molecular flexibility index (Phi) is 6.75. The first-order valence-electron chi connectivity index (χ1n) is 10.6. The number of para-hydroxylation sites is 1. The van der Waals surface area contributed by atoms with E-state index in [0.717, 1.165) is 36.1 Å². The molecule has 5 heteroatoms. The summed E-state index contributed by atoms with van der Waals surface area (Å²) in [6.45, 7) is 1.23. The lowest BCUT2D eigenvalue weighted by atomic mass is 10.0. The van der Waals surface area contributed by atoms with E-state index < -0.39 is 0 Å². The number of hydrogen-bond donors (Lipinski definition) is 2. The maximum atomic E-state index is 12.6. The van der Waals surface area contributed by atoms with E-state index in [1.165, 1.54) is 0 Å². The Bertz CT molecular complexity index is 1030. The number of nitrogens with one attached hydrogen (secondary N) is 2. The molecule has 1 aliphatic rings. The van der Waals surface area contributed by atoms with Crippen molar-refractivity contribution in [1.29, 1.82) is 0 Å². The van der Waals surface area contributed by atoms with Gasteiger partial charge in [0.15, 0.2) is 0 Å². The Balaban J connectivity index is 1.36. The molecule has 2 amide bonds. The minimum absolute atomic E-state index is 0.0737. The SMILES string of the molecule is O=C(Cc1ccc(-c2ccccc2)cc1)Nc1ccccc1C(=O)NC[C@H]1CCCO1. The van der Waals surface area contributed by atoms with Gasteiger partial charge in [-0.25, -0.2) is 0 Å². The lowest BCUT2D eigenvalue weighted by Crippen LogP contribution is -2.32. The first-order valence-corrected chi connectivity index (χ1v) is 10.6. The lowest BCUT2D eigenvalue weighted by Gasteiger charge is -2.14. The molecular formula is C26H26N2O3. The van der Waals surface area contributed by atoms with Crippen LogP contribution in [0.25, 0.3) is 11.1 Å². The van der Waals surface area contributed by atoms with Crippen molar-refractivity contribution in [3.63, 3.8) is 0 Å². The monoisotopic (exact) mass is 414 g/mol. The quantitative estimate of drug-likeness (QED) is 0.600. The molecule has 1 saturated heterocycles. The topological polar surface area (TPSA) is 67.4 Å². The molecule has 1 heterocycles. The fraction of sp³-hybridized carbons (Fsp3) is 0.231. The highest BCUT2D eigenvalue weighted by Crippen LogP contribution is 2.20. The molecule has 0 aliphatic carbocycles. The van der Waals surface area contributed by atoms with Gasteiger partial charge >= 0.3 is 0 Å². The van der Waals surface area contributed by atoms with Crippen LogP contribution in [0.4, 0.5) is 5.69 Å². The number of carbonyl (C=O) groups is 2. The summed E-state index contributed by atoms with van der Waals surface area (Å²) in [7, 11) is 0.